The Labute approximate surface area is 110 Å². The normalized spacial score (nSPS) is 11.0. The Morgan fingerprint density at radius 3 is 2.95 bits per heavy atom. The number of carboxylic acid groups (broad SMARTS) is 1. The molecule has 0 unspecified atom stereocenters. The molecule has 1 heterocycles. The van der Waals surface area contributed by atoms with Crippen molar-refractivity contribution in [1.29, 1.82) is 0 Å². The molecule has 0 saturated heterocycles. The zero-order valence-electron chi connectivity index (χ0n) is 10.6. The predicted octanol–water partition coefficient (Wildman–Crippen LogP) is 0.118. The average Bonchev–Trinajstić information content (AvgIpc) is 2.86. The van der Waals surface area contributed by atoms with Crippen molar-refractivity contribution in [2.75, 3.05) is 6.54 Å². The Bertz CT molecular complexity index is 473. The number of aromatic nitrogens is 2. The van der Waals surface area contributed by atoms with Gasteiger partial charge in [-0.2, -0.15) is 0 Å². The SMILES string of the molecule is CC#CCCNC(=O)N[C@@H](Cc1cnc[nH]1)C(=O)O. The maximum Gasteiger partial charge on any atom is 0.326 e. The van der Waals surface area contributed by atoms with Crippen molar-refractivity contribution in [1.82, 2.24) is 20.6 Å². The molecule has 0 aliphatic heterocycles. The van der Waals surface area contributed by atoms with Crippen molar-refractivity contribution in [3.05, 3.63) is 18.2 Å². The summed E-state index contributed by atoms with van der Waals surface area (Å²) in [4.78, 5) is 29.1. The Balaban J connectivity index is 2.42. The molecule has 0 aliphatic carbocycles. The standard InChI is InChI=1S/C12H16N4O3/c1-2-3-4-5-14-12(19)16-10(11(17)18)6-9-7-13-8-15-9/h7-8,10H,4-6H2,1H3,(H,13,15)(H,17,18)(H2,14,16,19)/t10-/m0/s1. The number of rotatable bonds is 6. The number of imidazole rings is 1. The minimum Gasteiger partial charge on any atom is -0.480 e. The molecule has 0 bridgehead atoms. The number of urea groups is 1. The number of amides is 2. The summed E-state index contributed by atoms with van der Waals surface area (Å²) in [5.41, 5.74) is 0.643. The highest BCUT2D eigenvalue weighted by Gasteiger charge is 2.20. The van der Waals surface area contributed by atoms with Gasteiger partial charge in [0.05, 0.1) is 6.33 Å². The van der Waals surface area contributed by atoms with Gasteiger partial charge in [0.1, 0.15) is 6.04 Å². The van der Waals surface area contributed by atoms with Crippen LogP contribution in [0.15, 0.2) is 12.5 Å². The van der Waals surface area contributed by atoms with Crippen molar-refractivity contribution >= 4 is 12.0 Å². The van der Waals surface area contributed by atoms with E-state index in [-0.39, 0.29) is 6.42 Å². The van der Waals surface area contributed by atoms with Crippen LogP contribution in [-0.2, 0) is 11.2 Å². The van der Waals surface area contributed by atoms with Crippen molar-refractivity contribution in [2.45, 2.75) is 25.8 Å². The highest BCUT2D eigenvalue weighted by atomic mass is 16.4. The van der Waals surface area contributed by atoms with Gasteiger partial charge in [0.15, 0.2) is 0 Å². The summed E-state index contributed by atoms with van der Waals surface area (Å²) in [6.45, 7) is 2.09. The third kappa shape index (κ3) is 5.59. The fourth-order valence-electron chi connectivity index (χ4n) is 1.39. The van der Waals surface area contributed by atoms with Crippen LogP contribution in [0.2, 0.25) is 0 Å². The Morgan fingerprint density at radius 2 is 2.37 bits per heavy atom. The summed E-state index contributed by atoms with van der Waals surface area (Å²) in [5.74, 6) is 4.40. The van der Waals surface area contributed by atoms with Crippen molar-refractivity contribution in [2.24, 2.45) is 0 Å². The molecule has 1 atom stereocenters. The largest absolute Gasteiger partial charge is 0.480 e. The molecule has 0 spiro atoms. The lowest BCUT2D eigenvalue weighted by molar-refractivity contribution is -0.139. The number of H-pyrrole nitrogens is 1. The van der Waals surface area contributed by atoms with Gasteiger partial charge < -0.3 is 20.7 Å². The monoisotopic (exact) mass is 264 g/mol. The van der Waals surface area contributed by atoms with E-state index in [1.165, 1.54) is 12.5 Å². The topological polar surface area (TPSA) is 107 Å². The van der Waals surface area contributed by atoms with Crippen molar-refractivity contribution in [3.8, 4) is 11.8 Å². The minimum atomic E-state index is -1.10. The molecule has 0 radical (unpaired) electrons. The molecule has 7 nitrogen and oxygen atoms in total. The third-order valence-corrected chi connectivity index (χ3v) is 2.29. The first kappa shape index (κ1) is 14.6. The van der Waals surface area contributed by atoms with Crippen LogP contribution in [0.25, 0.3) is 0 Å². The first-order valence-electron chi connectivity index (χ1n) is 5.77. The number of carbonyl (C=O) groups excluding carboxylic acids is 1. The zero-order valence-corrected chi connectivity index (χ0v) is 10.6. The molecule has 1 aromatic rings. The van der Waals surface area contributed by atoms with E-state index in [1.807, 2.05) is 0 Å². The van der Waals surface area contributed by atoms with Gasteiger partial charge in [0.2, 0.25) is 0 Å². The third-order valence-electron chi connectivity index (χ3n) is 2.29. The molecule has 0 aliphatic rings. The molecular weight excluding hydrogens is 248 g/mol. The quantitative estimate of drug-likeness (QED) is 0.432. The Hall–Kier alpha value is -2.49. The van der Waals surface area contributed by atoms with Crippen molar-refractivity contribution < 1.29 is 14.7 Å². The van der Waals surface area contributed by atoms with Gasteiger partial charge in [-0.15, -0.1) is 11.8 Å². The number of carboxylic acids is 1. The lowest BCUT2D eigenvalue weighted by Crippen LogP contribution is -2.47. The zero-order chi connectivity index (χ0) is 14.1. The lowest BCUT2D eigenvalue weighted by atomic mass is 10.2. The van der Waals surface area contributed by atoms with Crippen LogP contribution >= 0.6 is 0 Å². The molecule has 1 aromatic heterocycles. The van der Waals surface area contributed by atoms with E-state index in [2.05, 4.69) is 32.4 Å². The van der Waals surface area contributed by atoms with Crippen LogP contribution in [0.3, 0.4) is 0 Å². The summed E-state index contributed by atoms with van der Waals surface area (Å²) in [6.07, 6.45) is 3.66. The molecular formula is C12H16N4O3. The molecule has 2 amide bonds. The summed E-state index contributed by atoms with van der Waals surface area (Å²) in [6, 6.07) is -1.53. The molecule has 7 heteroatoms. The van der Waals surface area contributed by atoms with Crippen LogP contribution in [0, 0.1) is 11.8 Å². The maximum atomic E-state index is 11.5. The first-order valence-corrected chi connectivity index (χ1v) is 5.77. The maximum absolute atomic E-state index is 11.5. The summed E-state index contributed by atoms with van der Waals surface area (Å²) < 4.78 is 0. The number of nitrogens with zero attached hydrogens (tertiary/aromatic N) is 1. The van der Waals surface area contributed by atoms with Crippen molar-refractivity contribution in [3.63, 3.8) is 0 Å². The molecule has 19 heavy (non-hydrogen) atoms. The fourth-order valence-corrected chi connectivity index (χ4v) is 1.39. The highest BCUT2D eigenvalue weighted by Crippen LogP contribution is 1.98. The number of carbonyl (C=O) groups is 2. The second kappa shape index (κ2) is 7.76. The van der Waals surface area contributed by atoms with Gasteiger partial charge in [-0.05, 0) is 6.92 Å². The van der Waals surface area contributed by atoms with Gasteiger partial charge in [0.25, 0.3) is 0 Å². The van der Waals surface area contributed by atoms with Gasteiger partial charge >= 0.3 is 12.0 Å². The summed E-state index contributed by atoms with van der Waals surface area (Å²) in [5, 5.41) is 14.0. The first-order chi connectivity index (χ1) is 9.13. The smallest absolute Gasteiger partial charge is 0.326 e. The van der Waals surface area contributed by atoms with E-state index in [0.29, 0.717) is 18.7 Å². The summed E-state index contributed by atoms with van der Waals surface area (Å²) >= 11 is 0. The molecule has 0 aromatic carbocycles. The van der Waals surface area contributed by atoms with Crippen LogP contribution < -0.4 is 10.6 Å². The number of aliphatic carboxylic acids is 1. The van der Waals surface area contributed by atoms with Crippen LogP contribution in [0.1, 0.15) is 19.0 Å². The van der Waals surface area contributed by atoms with E-state index in [9.17, 15) is 9.59 Å². The molecule has 0 saturated carbocycles. The van der Waals surface area contributed by atoms with Gasteiger partial charge in [-0.25, -0.2) is 14.6 Å². The van der Waals surface area contributed by atoms with E-state index < -0.39 is 18.0 Å². The molecule has 102 valence electrons. The second-order valence-electron chi connectivity index (χ2n) is 3.75. The molecule has 0 fully saturated rings. The van der Waals surface area contributed by atoms with Gasteiger partial charge in [-0.1, -0.05) is 0 Å². The number of hydrogen-bond acceptors (Lipinski definition) is 3. The van der Waals surface area contributed by atoms with Gasteiger partial charge in [-0.3, -0.25) is 0 Å². The summed E-state index contributed by atoms with van der Waals surface area (Å²) in [7, 11) is 0. The molecule has 1 rings (SSSR count). The van der Waals surface area contributed by atoms with Crippen LogP contribution in [-0.4, -0.2) is 39.7 Å². The fraction of sp³-hybridized carbons (Fsp3) is 0.417. The predicted molar refractivity (Wildman–Crippen MR) is 68.3 cm³/mol. The van der Waals surface area contributed by atoms with E-state index in [4.69, 9.17) is 5.11 Å². The lowest BCUT2D eigenvalue weighted by Gasteiger charge is -2.13. The van der Waals surface area contributed by atoms with E-state index in [0.717, 1.165) is 0 Å². The second-order valence-corrected chi connectivity index (χ2v) is 3.75. The minimum absolute atomic E-state index is 0.150. The van der Waals surface area contributed by atoms with Crippen LogP contribution in [0.4, 0.5) is 4.79 Å². The van der Waals surface area contributed by atoms with Crippen LogP contribution in [0.5, 0.6) is 0 Å². The highest BCUT2D eigenvalue weighted by molar-refractivity contribution is 5.82. The Morgan fingerprint density at radius 1 is 1.58 bits per heavy atom. The Kier molecular flexibility index (Phi) is 5.95. The number of aromatic amines is 1. The number of hydrogen-bond donors (Lipinski definition) is 4. The average molecular weight is 264 g/mol. The van der Waals surface area contributed by atoms with E-state index >= 15 is 0 Å². The van der Waals surface area contributed by atoms with Gasteiger partial charge in [0, 0.05) is 31.3 Å². The number of nitrogens with one attached hydrogen (secondary N) is 3. The molecule has 4 N–H and O–H groups in total. The van der Waals surface area contributed by atoms with E-state index in [1.54, 1.807) is 6.92 Å².